The van der Waals surface area contributed by atoms with Crippen LogP contribution in [0.2, 0.25) is 0 Å². The number of hydrogen-bond donors (Lipinski definition) is 1. The number of benzene rings is 2. The van der Waals surface area contributed by atoms with E-state index < -0.39 is 0 Å². The lowest BCUT2D eigenvalue weighted by atomic mass is 9.99. The number of anilines is 2. The van der Waals surface area contributed by atoms with E-state index in [4.69, 9.17) is 0 Å². The third kappa shape index (κ3) is 3.97. The van der Waals surface area contributed by atoms with Crippen LogP contribution in [0.25, 0.3) is 5.69 Å². The Bertz CT molecular complexity index is 898. The molecule has 1 N–H and O–H groups in total. The second-order valence-corrected chi connectivity index (χ2v) is 6.98. The van der Waals surface area contributed by atoms with Crippen LogP contribution in [0.4, 0.5) is 11.4 Å². The highest BCUT2D eigenvalue weighted by atomic mass is 16.1. The van der Waals surface area contributed by atoms with Gasteiger partial charge >= 0.3 is 0 Å². The van der Waals surface area contributed by atoms with Gasteiger partial charge in [-0.25, -0.2) is 4.68 Å². The lowest BCUT2D eigenvalue weighted by Gasteiger charge is -2.32. The Balaban J connectivity index is 1.43. The van der Waals surface area contributed by atoms with Crippen LogP contribution in [-0.2, 0) is 0 Å². The molecule has 1 saturated heterocycles. The lowest BCUT2D eigenvalue weighted by molar-refractivity contribution is 0.102. The minimum atomic E-state index is -0.163. The predicted octanol–water partition coefficient (Wildman–Crippen LogP) is 3.15. The fraction of sp³-hybridized carbons (Fsp3) is 0.300. The lowest BCUT2D eigenvalue weighted by Crippen LogP contribution is -2.32. The van der Waals surface area contributed by atoms with Crippen molar-refractivity contribution in [2.45, 2.75) is 19.8 Å². The Labute approximate surface area is 158 Å². The molecule has 0 bridgehead atoms. The summed E-state index contributed by atoms with van der Waals surface area (Å²) >= 11 is 0. The van der Waals surface area contributed by atoms with Gasteiger partial charge in [0.05, 0.1) is 5.69 Å². The number of piperidine rings is 1. The molecule has 7 nitrogen and oxygen atoms in total. The number of amides is 1. The van der Waals surface area contributed by atoms with E-state index in [1.54, 1.807) is 12.1 Å². The average Bonchev–Trinajstić information content (AvgIpc) is 3.24. The normalized spacial score (nSPS) is 14.9. The summed E-state index contributed by atoms with van der Waals surface area (Å²) in [5, 5.41) is 14.0. The first-order chi connectivity index (χ1) is 13.2. The highest BCUT2D eigenvalue weighted by molar-refractivity contribution is 6.04. The summed E-state index contributed by atoms with van der Waals surface area (Å²) in [4.78, 5) is 15.0. The Morgan fingerprint density at radius 1 is 1.07 bits per heavy atom. The maximum atomic E-state index is 12.6. The Kier molecular flexibility index (Phi) is 4.82. The molecule has 1 aliphatic heterocycles. The highest BCUT2D eigenvalue weighted by Gasteiger charge is 2.16. The van der Waals surface area contributed by atoms with Gasteiger partial charge in [0.15, 0.2) is 0 Å². The number of nitrogens with zero attached hydrogens (tertiary/aromatic N) is 5. The summed E-state index contributed by atoms with van der Waals surface area (Å²) in [6.07, 6.45) is 3.96. The third-order valence-corrected chi connectivity index (χ3v) is 5.00. The molecular formula is C20H22N6O. The van der Waals surface area contributed by atoms with E-state index in [1.807, 2.05) is 24.3 Å². The number of carbonyl (C=O) groups is 1. The molecule has 4 rings (SSSR count). The zero-order valence-electron chi connectivity index (χ0n) is 15.2. The monoisotopic (exact) mass is 362 g/mol. The summed E-state index contributed by atoms with van der Waals surface area (Å²) in [5.74, 6) is 0.647. The first-order valence-electron chi connectivity index (χ1n) is 9.19. The minimum Gasteiger partial charge on any atom is -0.372 e. The van der Waals surface area contributed by atoms with Crippen LogP contribution < -0.4 is 10.2 Å². The molecule has 0 atom stereocenters. The molecule has 2 heterocycles. The molecular weight excluding hydrogens is 340 g/mol. The molecule has 1 aromatic heterocycles. The van der Waals surface area contributed by atoms with Gasteiger partial charge in [0.2, 0.25) is 0 Å². The second kappa shape index (κ2) is 7.57. The maximum absolute atomic E-state index is 12.6. The van der Waals surface area contributed by atoms with Gasteiger partial charge in [-0.3, -0.25) is 4.79 Å². The van der Waals surface area contributed by atoms with Gasteiger partial charge in [0, 0.05) is 30.0 Å². The molecule has 1 amide bonds. The second-order valence-electron chi connectivity index (χ2n) is 6.98. The first-order valence-corrected chi connectivity index (χ1v) is 9.19. The standard InChI is InChI=1S/C20H22N6O/c1-15-9-11-25(12-10-15)18-7-5-17(6-8-18)22-20(27)16-3-2-4-19(13-16)26-14-21-23-24-26/h2-8,13-15H,9-12H2,1H3,(H,22,27). The molecule has 1 fully saturated rings. The summed E-state index contributed by atoms with van der Waals surface area (Å²) in [6, 6.07) is 15.2. The number of hydrogen-bond acceptors (Lipinski definition) is 5. The quantitative estimate of drug-likeness (QED) is 0.772. The molecule has 0 spiro atoms. The fourth-order valence-electron chi connectivity index (χ4n) is 3.29. The van der Waals surface area contributed by atoms with Crippen molar-refractivity contribution in [3.05, 3.63) is 60.4 Å². The smallest absolute Gasteiger partial charge is 0.255 e. The fourth-order valence-corrected chi connectivity index (χ4v) is 3.29. The van der Waals surface area contributed by atoms with Gasteiger partial charge in [-0.2, -0.15) is 0 Å². The largest absolute Gasteiger partial charge is 0.372 e. The van der Waals surface area contributed by atoms with E-state index in [0.717, 1.165) is 30.4 Å². The molecule has 2 aromatic carbocycles. The molecule has 0 radical (unpaired) electrons. The number of carbonyl (C=O) groups excluding carboxylic acids is 1. The van der Waals surface area contributed by atoms with Crippen molar-refractivity contribution in [1.29, 1.82) is 0 Å². The summed E-state index contributed by atoms with van der Waals surface area (Å²) in [7, 11) is 0. The molecule has 138 valence electrons. The van der Waals surface area contributed by atoms with Gasteiger partial charge < -0.3 is 10.2 Å². The van der Waals surface area contributed by atoms with Crippen molar-refractivity contribution >= 4 is 17.3 Å². The highest BCUT2D eigenvalue weighted by Crippen LogP contribution is 2.24. The third-order valence-electron chi connectivity index (χ3n) is 5.00. The van der Waals surface area contributed by atoms with Crippen molar-refractivity contribution in [3.8, 4) is 5.69 Å². The summed E-state index contributed by atoms with van der Waals surface area (Å²) < 4.78 is 1.52. The van der Waals surface area contributed by atoms with Crippen LogP contribution in [-0.4, -0.2) is 39.2 Å². The van der Waals surface area contributed by atoms with Crippen molar-refractivity contribution in [1.82, 2.24) is 20.2 Å². The molecule has 3 aromatic rings. The van der Waals surface area contributed by atoms with E-state index >= 15 is 0 Å². The molecule has 7 heteroatoms. The van der Waals surface area contributed by atoms with Gasteiger partial charge in [-0.05, 0) is 71.7 Å². The molecule has 0 unspecified atom stereocenters. The van der Waals surface area contributed by atoms with Crippen molar-refractivity contribution in [3.63, 3.8) is 0 Å². The van der Waals surface area contributed by atoms with E-state index in [-0.39, 0.29) is 5.91 Å². The van der Waals surface area contributed by atoms with E-state index in [9.17, 15) is 4.79 Å². The SMILES string of the molecule is CC1CCN(c2ccc(NC(=O)c3cccc(-n4cnnn4)c3)cc2)CC1. The van der Waals surface area contributed by atoms with E-state index in [2.05, 4.69) is 44.8 Å². The number of rotatable bonds is 4. The van der Waals surface area contributed by atoms with Gasteiger partial charge in [0.25, 0.3) is 5.91 Å². The Morgan fingerprint density at radius 3 is 2.56 bits per heavy atom. The molecule has 0 saturated carbocycles. The zero-order valence-corrected chi connectivity index (χ0v) is 15.2. The van der Waals surface area contributed by atoms with Gasteiger partial charge in [-0.1, -0.05) is 13.0 Å². The predicted molar refractivity (Wildman–Crippen MR) is 104 cm³/mol. The number of aromatic nitrogens is 4. The minimum absolute atomic E-state index is 0.163. The molecule has 27 heavy (non-hydrogen) atoms. The van der Waals surface area contributed by atoms with Crippen LogP contribution in [0.15, 0.2) is 54.9 Å². The van der Waals surface area contributed by atoms with Gasteiger partial charge in [0.1, 0.15) is 6.33 Å². The number of nitrogens with one attached hydrogen (secondary N) is 1. The zero-order chi connectivity index (χ0) is 18.6. The van der Waals surface area contributed by atoms with E-state index in [1.165, 1.54) is 29.5 Å². The number of tetrazole rings is 1. The van der Waals surface area contributed by atoms with Crippen molar-refractivity contribution in [2.24, 2.45) is 5.92 Å². The summed E-state index contributed by atoms with van der Waals surface area (Å²) in [6.45, 7) is 4.50. The van der Waals surface area contributed by atoms with Crippen LogP contribution in [0, 0.1) is 5.92 Å². The van der Waals surface area contributed by atoms with Crippen molar-refractivity contribution in [2.75, 3.05) is 23.3 Å². The van der Waals surface area contributed by atoms with Crippen LogP contribution in [0.1, 0.15) is 30.1 Å². The van der Waals surface area contributed by atoms with Crippen LogP contribution >= 0.6 is 0 Å². The maximum Gasteiger partial charge on any atom is 0.255 e. The van der Waals surface area contributed by atoms with Crippen LogP contribution in [0.3, 0.4) is 0 Å². The van der Waals surface area contributed by atoms with Gasteiger partial charge in [-0.15, -0.1) is 5.10 Å². The Morgan fingerprint density at radius 2 is 1.85 bits per heavy atom. The Hall–Kier alpha value is -3.22. The molecule has 1 aliphatic rings. The average molecular weight is 362 g/mol. The topological polar surface area (TPSA) is 75.9 Å². The van der Waals surface area contributed by atoms with Crippen LogP contribution in [0.5, 0.6) is 0 Å². The van der Waals surface area contributed by atoms with E-state index in [0.29, 0.717) is 5.56 Å². The first kappa shape index (κ1) is 17.2. The summed E-state index contributed by atoms with van der Waals surface area (Å²) in [5.41, 5.74) is 3.28. The van der Waals surface area contributed by atoms with Crippen molar-refractivity contribution < 1.29 is 4.79 Å². The molecule has 0 aliphatic carbocycles.